The van der Waals surface area contributed by atoms with Crippen LogP contribution in [0.15, 0.2) is 30.5 Å². The van der Waals surface area contributed by atoms with Crippen molar-refractivity contribution in [2.45, 2.75) is 33.2 Å². The van der Waals surface area contributed by atoms with Crippen LogP contribution in [0.1, 0.15) is 25.5 Å². The lowest BCUT2D eigenvalue weighted by Crippen LogP contribution is -2.04. The fourth-order valence-electron chi connectivity index (χ4n) is 1.71. The van der Waals surface area contributed by atoms with Gasteiger partial charge in [-0.05, 0) is 49.7 Å². The van der Waals surface area contributed by atoms with Gasteiger partial charge >= 0.3 is 0 Å². The summed E-state index contributed by atoms with van der Waals surface area (Å²) in [7, 11) is 0. The van der Waals surface area contributed by atoms with E-state index in [9.17, 15) is 0 Å². The molecule has 2 rings (SSSR count). The van der Waals surface area contributed by atoms with Crippen LogP contribution >= 0.6 is 12.0 Å². The lowest BCUT2D eigenvalue weighted by molar-refractivity contribution is 0.309. The van der Waals surface area contributed by atoms with E-state index >= 15 is 0 Å². The molecule has 2 aromatic rings. The number of unbranched alkanes of at least 4 members (excludes halogenated alkanes) is 1. The Morgan fingerprint density at radius 1 is 1.26 bits per heavy atom. The maximum atomic E-state index is 8.47. The predicted molar refractivity (Wildman–Crippen MR) is 97.7 cm³/mol. The highest BCUT2D eigenvalue weighted by Gasteiger charge is 2.01. The zero-order chi connectivity index (χ0) is 17.1. The van der Waals surface area contributed by atoms with Crippen LogP contribution in [-0.2, 0) is 6.54 Å². The quantitative estimate of drug-likeness (QED) is 0.406. The maximum absolute atomic E-state index is 8.47. The molecule has 0 saturated heterocycles. The lowest BCUT2D eigenvalue weighted by atomic mass is 10.3. The Kier molecular flexibility index (Phi) is 9.01. The first-order valence-corrected chi connectivity index (χ1v) is 8.55. The third kappa shape index (κ3) is 7.30. The van der Waals surface area contributed by atoms with Gasteiger partial charge in [-0.25, -0.2) is 0 Å². The highest BCUT2D eigenvalue weighted by atomic mass is 32.2. The molecule has 1 aromatic carbocycles. The van der Waals surface area contributed by atoms with E-state index in [1.807, 2.05) is 31.2 Å². The molecule has 0 aliphatic rings. The predicted octanol–water partition coefficient (Wildman–Crippen LogP) is 3.43. The smallest absolute Gasteiger partial charge is 0.119 e. The molecule has 0 aliphatic heterocycles. The van der Waals surface area contributed by atoms with Gasteiger partial charge in [0.05, 0.1) is 30.7 Å². The third-order valence-electron chi connectivity index (χ3n) is 3.18. The van der Waals surface area contributed by atoms with Crippen molar-refractivity contribution in [3.8, 4) is 5.75 Å². The van der Waals surface area contributed by atoms with Crippen molar-refractivity contribution in [3.63, 3.8) is 0 Å². The van der Waals surface area contributed by atoms with Gasteiger partial charge in [-0.15, -0.1) is 0 Å². The second kappa shape index (κ2) is 10.8. The van der Waals surface area contributed by atoms with Gasteiger partial charge in [0.1, 0.15) is 5.75 Å². The number of aromatic nitrogens is 2. The van der Waals surface area contributed by atoms with Crippen LogP contribution < -0.4 is 16.2 Å². The van der Waals surface area contributed by atoms with E-state index < -0.39 is 0 Å². The standard InChI is InChI=1S/C10H15NO.C6H11N3OS/c1-2-3-8-12-10-6-4-9(11)5-7-10;1-5-6(7)4-8-9(5)2-3-11-10/h4-7H,2-3,8,11H2,1H3;4,10H,2-3,7H2,1H3. The monoisotopic (exact) mass is 338 g/mol. The highest BCUT2D eigenvalue weighted by molar-refractivity contribution is 7.93. The molecular weight excluding hydrogens is 312 g/mol. The van der Waals surface area contributed by atoms with Crippen LogP contribution in [0.2, 0.25) is 0 Å². The number of nitrogens with two attached hydrogens (primary N) is 2. The number of rotatable bonds is 7. The van der Waals surface area contributed by atoms with Gasteiger partial charge in [0, 0.05) is 11.4 Å². The van der Waals surface area contributed by atoms with Gasteiger partial charge in [0.2, 0.25) is 0 Å². The molecule has 128 valence electrons. The first-order valence-electron chi connectivity index (χ1n) is 7.61. The Morgan fingerprint density at radius 2 is 1.96 bits per heavy atom. The van der Waals surface area contributed by atoms with Crippen LogP contribution in [0.25, 0.3) is 0 Å². The lowest BCUT2D eigenvalue weighted by Gasteiger charge is -2.04. The second-order valence-electron chi connectivity index (χ2n) is 5.01. The number of benzene rings is 1. The van der Waals surface area contributed by atoms with Crippen molar-refractivity contribution < 1.29 is 9.29 Å². The molecule has 0 spiro atoms. The van der Waals surface area contributed by atoms with Crippen LogP contribution in [-0.4, -0.2) is 26.7 Å². The number of ether oxygens (including phenoxy) is 1. The third-order valence-corrected chi connectivity index (χ3v) is 3.55. The van der Waals surface area contributed by atoms with Gasteiger partial charge in [0.15, 0.2) is 0 Å². The Bertz CT molecular complexity index is 558. The summed E-state index contributed by atoms with van der Waals surface area (Å²) in [5, 5.41) is 4.02. The summed E-state index contributed by atoms with van der Waals surface area (Å²) in [6, 6.07) is 7.48. The van der Waals surface area contributed by atoms with Crippen molar-refractivity contribution >= 4 is 23.4 Å². The van der Waals surface area contributed by atoms with E-state index in [4.69, 9.17) is 20.8 Å². The van der Waals surface area contributed by atoms with Gasteiger partial charge in [0.25, 0.3) is 0 Å². The normalized spacial score (nSPS) is 10.0. The van der Waals surface area contributed by atoms with Crippen molar-refractivity contribution in [2.75, 3.05) is 23.8 Å². The number of nitrogens with zero attached hydrogens (tertiary/aromatic N) is 2. The SMILES string of the molecule is CCCCOc1ccc(N)cc1.Cc1c(N)cnn1CCSO. The Morgan fingerprint density at radius 3 is 2.48 bits per heavy atom. The first kappa shape index (κ1) is 19.2. The minimum atomic E-state index is 0.641. The molecule has 23 heavy (non-hydrogen) atoms. The van der Waals surface area contributed by atoms with Gasteiger partial charge in [-0.3, -0.25) is 4.68 Å². The molecule has 0 unspecified atom stereocenters. The summed E-state index contributed by atoms with van der Waals surface area (Å²) in [4.78, 5) is 0. The van der Waals surface area contributed by atoms with E-state index in [0.29, 0.717) is 18.0 Å². The molecule has 0 saturated carbocycles. The zero-order valence-electron chi connectivity index (χ0n) is 13.7. The first-order chi connectivity index (χ1) is 11.1. The van der Waals surface area contributed by atoms with Crippen LogP contribution in [0.3, 0.4) is 0 Å². The molecule has 0 fully saturated rings. The summed E-state index contributed by atoms with van der Waals surface area (Å²) >= 11 is 0.813. The van der Waals surface area contributed by atoms with Gasteiger partial charge < -0.3 is 20.8 Å². The molecular formula is C16H26N4O2S. The fraction of sp³-hybridized carbons (Fsp3) is 0.438. The number of hydrogen-bond acceptors (Lipinski definition) is 6. The summed E-state index contributed by atoms with van der Waals surface area (Å²) < 4.78 is 15.7. The molecule has 0 amide bonds. The highest BCUT2D eigenvalue weighted by Crippen LogP contribution is 2.13. The molecule has 0 aliphatic carbocycles. The minimum Gasteiger partial charge on any atom is -0.494 e. The molecule has 0 bridgehead atoms. The van der Waals surface area contributed by atoms with E-state index in [-0.39, 0.29) is 0 Å². The Hall–Kier alpha value is -1.86. The number of hydrogen-bond donors (Lipinski definition) is 3. The topological polar surface area (TPSA) is 99.3 Å². The van der Waals surface area contributed by atoms with E-state index in [0.717, 1.165) is 48.6 Å². The largest absolute Gasteiger partial charge is 0.494 e. The molecule has 0 radical (unpaired) electrons. The van der Waals surface area contributed by atoms with E-state index in [2.05, 4.69) is 12.0 Å². The Balaban J connectivity index is 0.000000231. The molecule has 1 heterocycles. The number of aryl methyl sites for hydroxylation is 1. The van der Waals surface area contributed by atoms with E-state index in [1.54, 1.807) is 10.9 Å². The van der Waals surface area contributed by atoms with Crippen LogP contribution in [0.5, 0.6) is 5.75 Å². The summed E-state index contributed by atoms with van der Waals surface area (Å²) in [5.41, 5.74) is 13.5. The molecule has 6 nitrogen and oxygen atoms in total. The maximum Gasteiger partial charge on any atom is 0.119 e. The Labute approximate surface area is 142 Å². The average Bonchev–Trinajstić information content (AvgIpc) is 2.87. The zero-order valence-corrected chi connectivity index (χ0v) is 14.6. The van der Waals surface area contributed by atoms with Crippen molar-refractivity contribution in [2.24, 2.45) is 0 Å². The van der Waals surface area contributed by atoms with Crippen LogP contribution in [0, 0.1) is 6.92 Å². The van der Waals surface area contributed by atoms with Crippen molar-refractivity contribution in [1.29, 1.82) is 0 Å². The average molecular weight is 338 g/mol. The van der Waals surface area contributed by atoms with Crippen LogP contribution in [0.4, 0.5) is 11.4 Å². The number of nitrogen functional groups attached to an aromatic ring is 2. The summed E-state index contributed by atoms with van der Waals surface area (Å²) in [5.74, 6) is 1.54. The fourth-order valence-corrected chi connectivity index (χ4v) is 1.97. The van der Waals surface area contributed by atoms with E-state index in [1.165, 1.54) is 0 Å². The molecule has 5 N–H and O–H groups in total. The number of anilines is 2. The van der Waals surface area contributed by atoms with Crippen molar-refractivity contribution in [3.05, 3.63) is 36.2 Å². The molecule has 1 aromatic heterocycles. The molecule has 7 heteroatoms. The minimum absolute atomic E-state index is 0.641. The van der Waals surface area contributed by atoms with Crippen molar-refractivity contribution in [1.82, 2.24) is 9.78 Å². The molecule has 0 atom stereocenters. The summed E-state index contributed by atoms with van der Waals surface area (Å²) in [6.45, 7) is 5.54. The summed E-state index contributed by atoms with van der Waals surface area (Å²) in [6.07, 6.45) is 3.89. The van der Waals surface area contributed by atoms with Gasteiger partial charge in [-0.2, -0.15) is 5.10 Å². The van der Waals surface area contributed by atoms with Gasteiger partial charge in [-0.1, -0.05) is 13.3 Å². The second-order valence-corrected chi connectivity index (χ2v) is 5.68.